The molecule has 3 heterocycles. The highest BCUT2D eigenvalue weighted by molar-refractivity contribution is 5.44. The first kappa shape index (κ1) is 12.2. The third kappa shape index (κ3) is 2.76. The molecule has 0 saturated carbocycles. The quantitative estimate of drug-likeness (QED) is 0.916. The monoisotopic (exact) mass is 258 g/mol. The maximum Gasteiger partial charge on any atom is 0.138 e. The van der Waals surface area contributed by atoms with Gasteiger partial charge in [0, 0.05) is 31.6 Å². The summed E-state index contributed by atoms with van der Waals surface area (Å²) in [4.78, 5) is 8.68. The van der Waals surface area contributed by atoms with Crippen LogP contribution in [0.2, 0.25) is 0 Å². The third-order valence-electron chi connectivity index (χ3n) is 3.41. The van der Waals surface area contributed by atoms with Crippen LogP contribution in [0.3, 0.4) is 0 Å². The van der Waals surface area contributed by atoms with E-state index in [9.17, 15) is 0 Å². The van der Waals surface area contributed by atoms with Crippen molar-refractivity contribution < 1.29 is 4.74 Å². The maximum atomic E-state index is 5.35. The number of hydrogen-bond acceptors (Lipinski definition) is 4. The Hall–Kier alpha value is -1.88. The fourth-order valence-electron chi connectivity index (χ4n) is 2.31. The summed E-state index contributed by atoms with van der Waals surface area (Å²) in [5, 5.41) is 3.50. The van der Waals surface area contributed by atoms with Crippen molar-refractivity contribution in [3.63, 3.8) is 0 Å². The number of nitrogens with zero attached hydrogens (tertiary/aromatic N) is 3. The molecule has 100 valence electrons. The molecule has 3 rings (SSSR count). The van der Waals surface area contributed by atoms with Crippen molar-refractivity contribution >= 4 is 5.69 Å². The van der Waals surface area contributed by atoms with E-state index in [4.69, 9.17) is 4.74 Å². The average molecular weight is 258 g/mol. The zero-order chi connectivity index (χ0) is 13.1. The standard InChI is InChI=1S/C14H18N4O/c1-11-15-6-7-18(11)14-3-2-13(10-16-14)17-12-4-8-19-9-5-12/h2-3,6-7,10,12,17H,4-5,8-9H2,1H3. The highest BCUT2D eigenvalue weighted by Crippen LogP contribution is 2.16. The van der Waals surface area contributed by atoms with Crippen molar-refractivity contribution in [1.29, 1.82) is 0 Å². The number of aromatic nitrogens is 3. The van der Waals surface area contributed by atoms with Gasteiger partial charge in [-0.1, -0.05) is 0 Å². The van der Waals surface area contributed by atoms with Gasteiger partial charge in [0.15, 0.2) is 0 Å². The van der Waals surface area contributed by atoms with Crippen LogP contribution >= 0.6 is 0 Å². The molecule has 19 heavy (non-hydrogen) atoms. The molecule has 1 aliphatic heterocycles. The van der Waals surface area contributed by atoms with Gasteiger partial charge in [-0.25, -0.2) is 9.97 Å². The van der Waals surface area contributed by atoms with E-state index in [0.29, 0.717) is 6.04 Å². The van der Waals surface area contributed by atoms with Crippen LogP contribution in [-0.2, 0) is 4.74 Å². The van der Waals surface area contributed by atoms with Crippen molar-refractivity contribution in [3.8, 4) is 5.82 Å². The van der Waals surface area contributed by atoms with Crippen LogP contribution in [0.25, 0.3) is 5.82 Å². The summed E-state index contributed by atoms with van der Waals surface area (Å²) in [6.45, 7) is 3.66. The number of nitrogens with one attached hydrogen (secondary N) is 1. The van der Waals surface area contributed by atoms with E-state index in [1.807, 2.05) is 30.0 Å². The number of anilines is 1. The van der Waals surface area contributed by atoms with Gasteiger partial charge in [-0.3, -0.25) is 4.57 Å². The van der Waals surface area contributed by atoms with Crippen LogP contribution in [0.4, 0.5) is 5.69 Å². The Morgan fingerprint density at radius 2 is 2.11 bits per heavy atom. The molecule has 0 aromatic carbocycles. The van der Waals surface area contributed by atoms with Crippen LogP contribution in [0.15, 0.2) is 30.7 Å². The number of ether oxygens (including phenoxy) is 1. The minimum atomic E-state index is 0.497. The molecule has 0 bridgehead atoms. The highest BCUT2D eigenvalue weighted by atomic mass is 16.5. The number of imidazole rings is 1. The van der Waals surface area contributed by atoms with E-state index in [1.165, 1.54) is 0 Å². The zero-order valence-electron chi connectivity index (χ0n) is 11.0. The summed E-state index contributed by atoms with van der Waals surface area (Å²) in [5.41, 5.74) is 1.06. The molecule has 0 radical (unpaired) electrons. The molecule has 5 nitrogen and oxygen atoms in total. The Bertz CT molecular complexity index is 529. The molecular formula is C14H18N4O. The summed E-state index contributed by atoms with van der Waals surface area (Å²) >= 11 is 0. The molecule has 0 amide bonds. The fraction of sp³-hybridized carbons (Fsp3) is 0.429. The first-order valence-electron chi connectivity index (χ1n) is 6.63. The van der Waals surface area contributed by atoms with E-state index in [-0.39, 0.29) is 0 Å². The first-order chi connectivity index (χ1) is 9.33. The summed E-state index contributed by atoms with van der Waals surface area (Å²) in [7, 11) is 0. The molecule has 2 aromatic rings. The van der Waals surface area contributed by atoms with Crippen LogP contribution < -0.4 is 5.32 Å². The van der Waals surface area contributed by atoms with E-state index >= 15 is 0 Å². The summed E-state index contributed by atoms with van der Waals surface area (Å²) < 4.78 is 7.32. The SMILES string of the molecule is Cc1nccn1-c1ccc(NC2CCOCC2)cn1. The van der Waals surface area contributed by atoms with Gasteiger partial charge in [0.25, 0.3) is 0 Å². The van der Waals surface area contributed by atoms with Gasteiger partial charge in [0.2, 0.25) is 0 Å². The lowest BCUT2D eigenvalue weighted by Crippen LogP contribution is -2.27. The first-order valence-corrected chi connectivity index (χ1v) is 6.63. The lowest BCUT2D eigenvalue weighted by Gasteiger charge is -2.24. The second-order valence-corrected chi connectivity index (χ2v) is 4.78. The second kappa shape index (κ2) is 5.40. The predicted molar refractivity (Wildman–Crippen MR) is 73.6 cm³/mol. The van der Waals surface area contributed by atoms with Crippen LogP contribution in [-0.4, -0.2) is 33.8 Å². The zero-order valence-corrected chi connectivity index (χ0v) is 11.0. The summed E-state index contributed by atoms with van der Waals surface area (Å²) in [6, 6.07) is 4.57. The van der Waals surface area contributed by atoms with Crippen molar-refractivity contribution in [3.05, 3.63) is 36.5 Å². The molecule has 0 spiro atoms. The summed E-state index contributed by atoms with van der Waals surface area (Å²) in [5.74, 6) is 1.84. The molecule has 1 fully saturated rings. The van der Waals surface area contributed by atoms with Gasteiger partial charge in [0.1, 0.15) is 11.6 Å². The topological polar surface area (TPSA) is 52.0 Å². The molecule has 0 aliphatic carbocycles. The van der Waals surface area contributed by atoms with Crippen LogP contribution in [0.5, 0.6) is 0 Å². The van der Waals surface area contributed by atoms with Crippen molar-refractivity contribution in [2.75, 3.05) is 18.5 Å². The van der Waals surface area contributed by atoms with Crippen molar-refractivity contribution in [2.24, 2.45) is 0 Å². The van der Waals surface area contributed by atoms with Gasteiger partial charge in [-0.2, -0.15) is 0 Å². The number of hydrogen-bond donors (Lipinski definition) is 1. The Labute approximate surface area is 112 Å². The third-order valence-corrected chi connectivity index (χ3v) is 3.41. The Morgan fingerprint density at radius 1 is 1.26 bits per heavy atom. The van der Waals surface area contributed by atoms with Gasteiger partial charge in [-0.05, 0) is 31.9 Å². The van der Waals surface area contributed by atoms with Crippen molar-refractivity contribution in [2.45, 2.75) is 25.8 Å². The largest absolute Gasteiger partial charge is 0.381 e. The smallest absolute Gasteiger partial charge is 0.138 e. The molecule has 0 unspecified atom stereocenters. The molecule has 1 aliphatic rings. The van der Waals surface area contributed by atoms with E-state index in [1.54, 1.807) is 6.20 Å². The molecule has 1 N–H and O–H groups in total. The van der Waals surface area contributed by atoms with Gasteiger partial charge in [-0.15, -0.1) is 0 Å². The molecule has 0 atom stereocenters. The Kier molecular flexibility index (Phi) is 3.46. The molecule has 5 heteroatoms. The molecule has 2 aromatic heterocycles. The van der Waals surface area contributed by atoms with E-state index < -0.39 is 0 Å². The molecular weight excluding hydrogens is 240 g/mol. The van der Waals surface area contributed by atoms with E-state index in [2.05, 4.69) is 21.4 Å². The Morgan fingerprint density at radius 3 is 2.74 bits per heavy atom. The Balaban J connectivity index is 1.70. The normalized spacial score (nSPS) is 16.5. The van der Waals surface area contributed by atoms with Gasteiger partial charge < -0.3 is 10.1 Å². The second-order valence-electron chi connectivity index (χ2n) is 4.78. The minimum absolute atomic E-state index is 0.497. The van der Waals surface area contributed by atoms with Crippen molar-refractivity contribution in [1.82, 2.24) is 14.5 Å². The number of aryl methyl sites for hydroxylation is 1. The lowest BCUT2D eigenvalue weighted by molar-refractivity contribution is 0.0904. The van der Waals surface area contributed by atoms with Gasteiger partial charge in [0.05, 0.1) is 11.9 Å². The maximum absolute atomic E-state index is 5.35. The highest BCUT2D eigenvalue weighted by Gasteiger charge is 2.13. The fourth-order valence-corrected chi connectivity index (χ4v) is 2.31. The lowest BCUT2D eigenvalue weighted by atomic mass is 10.1. The minimum Gasteiger partial charge on any atom is -0.381 e. The van der Waals surface area contributed by atoms with Gasteiger partial charge >= 0.3 is 0 Å². The van der Waals surface area contributed by atoms with E-state index in [0.717, 1.165) is 43.4 Å². The van der Waals surface area contributed by atoms with Crippen LogP contribution in [0.1, 0.15) is 18.7 Å². The molecule has 1 saturated heterocycles. The number of pyridine rings is 1. The average Bonchev–Trinajstić information content (AvgIpc) is 2.87. The predicted octanol–water partition coefficient (Wildman–Crippen LogP) is 2.17. The number of rotatable bonds is 3. The van der Waals surface area contributed by atoms with Crippen LogP contribution in [0, 0.1) is 6.92 Å². The summed E-state index contributed by atoms with van der Waals surface area (Å²) in [6.07, 6.45) is 7.70.